The van der Waals surface area contributed by atoms with Gasteiger partial charge in [0.15, 0.2) is 0 Å². The van der Waals surface area contributed by atoms with Gasteiger partial charge in [0.05, 0.1) is 67.3 Å². The van der Waals surface area contributed by atoms with Crippen LogP contribution in [0.3, 0.4) is 0 Å². The van der Waals surface area contributed by atoms with Crippen LogP contribution >= 0.6 is 0 Å². The summed E-state index contributed by atoms with van der Waals surface area (Å²) in [5, 5.41) is 6.80. The van der Waals surface area contributed by atoms with E-state index in [1.807, 2.05) is 140 Å². The molecular formula is C120H76N6O3. The zero-order chi connectivity index (χ0) is 85.5. The third kappa shape index (κ3) is 15.0. The van der Waals surface area contributed by atoms with Crippen LogP contribution in [0.2, 0.25) is 0 Å². The molecule has 9 nitrogen and oxygen atoms in total. The second-order valence-corrected chi connectivity index (χ2v) is 32.3. The fourth-order valence-corrected chi connectivity index (χ4v) is 17.7. The van der Waals surface area contributed by atoms with E-state index in [0.29, 0.717) is 0 Å². The van der Waals surface area contributed by atoms with Crippen LogP contribution in [0.1, 0.15) is 0 Å². The third-order valence-electron chi connectivity index (χ3n) is 24.2. The maximum atomic E-state index is 6.07. The first kappa shape index (κ1) is 76.5. The van der Waals surface area contributed by atoms with Crippen LogP contribution in [-0.4, -0.2) is 29.9 Å². The Balaban J connectivity index is 0.000000111. The topological polar surface area (TPSA) is 117 Å². The van der Waals surface area contributed by atoms with Gasteiger partial charge in [-0.05, 0) is 175 Å². The lowest BCUT2D eigenvalue weighted by Crippen LogP contribution is -1.97. The van der Waals surface area contributed by atoms with Crippen molar-refractivity contribution in [2.45, 2.75) is 0 Å². The largest absolute Gasteiger partial charge is 0.456 e. The lowest BCUT2D eigenvalue weighted by Gasteiger charge is -2.15. The molecule has 25 aromatic rings. The average Bonchev–Trinajstić information content (AvgIpc) is 1.60. The monoisotopic (exact) mass is 1650 g/mol. The van der Waals surface area contributed by atoms with E-state index in [2.05, 4.69) is 322 Å². The SMILES string of the molecule is c1ccc(-c2cc(-c3ccccc3)cc(-c3nc4ccccc4nc3-c3ccc(-c4ccc5oc6ccccc6c5c4)cc3)c2)cc1.c1ccc(-c2nc3ccc(-c4ccc(-c5ccc6oc7ccccc7c6c5)cc4)cc3nc2-c2ccccc2)cc1.c1ccc(-c2nc3cccc(-c4ccc(-c5ccc6oc7ccccc7c6c5)cc4)c3nc2-c2ccccc2)cc1. The molecule has 0 aliphatic heterocycles. The molecule has 25 rings (SSSR count). The summed E-state index contributed by atoms with van der Waals surface area (Å²) in [7, 11) is 0. The van der Waals surface area contributed by atoms with E-state index in [9.17, 15) is 0 Å². The highest BCUT2D eigenvalue weighted by Gasteiger charge is 2.22. The molecule has 0 N–H and O–H groups in total. The van der Waals surface area contributed by atoms with Gasteiger partial charge in [0, 0.05) is 71.3 Å². The highest BCUT2D eigenvalue weighted by atomic mass is 16.3. The molecule has 604 valence electrons. The van der Waals surface area contributed by atoms with Crippen LogP contribution in [0.15, 0.2) is 474 Å². The zero-order valence-corrected chi connectivity index (χ0v) is 69.8. The third-order valence-corrected chi connectivity index (χ3v) is 24.2. The average molecular weight is 1650 g/mol. The second-order valence-electron chi connectivity index (χ2n) is 32.3. The molecule has 19 aromatic carbocycles. The summed E-state index contributed by atoms with van der Waals surface area (Å²) in [5.74, 6) is 0. The number of fused-ring (bicyclic) bond motifs is 12. The highest BCUT2D eigenvalue weighted by molar-refractivity contribution is 6.09. The number of aromatic nitrogens is 6. The molecule has 0 radical (unpaired) electrons. The first-order chi connectivity index (χ1) is 63.9. The molecule has 0 bridgehead atoms. The molecular weight excluding hydrogens is 1570 g/mol. The summed E-state index contributed by atoms with van der Waals surface area (Å²) in [6, 6.07) is 160. The van der Waals surface area contributed by atoms with Crippen LogP contribution in [0.5, 0.6) is 0 Å². The fraction of sp³-hybridized carbons (Fsp3) is 0. The van der Waals surface area contributed by atoms with E-state index in [1.165, 1.54) is 11.1 Å². The maximum Gasteiger partial charge on any atom is 0.135 e. The first-order valence-electron chi connectivity index (χ1n) is 43.3. The van der Waals surface area contributed by atoms with Crippen molar-refractivity contribution in [3.05, 3.63) is 461 Å². The second kappa shape index (κ2) is 33.3. The molecule has 0 saturated carbocycles. The van der Waals surface area contributed by atoms with Crippen LogP contribution in [0.4, 0.5) is 0 Å². The van der Waals surface area contributed by atoms with E-state index in [1.54, 1.807) is 0 Å². The fourth-order valence-electron chi connectivity index (χ4n) is 17.7. The molecule has 0 atom stereocenters. The van der Waals surface area contributed by atoms with Crippen LogP contribution in [0.25, 0.3) is 244 Å². The quantitative estimate of drug-likeness (QED) is 0.111. The van der Waals surface area contributed by atoms with Crippen molar-refractivity contribution >= 4 is 98.9 Å². The molecule has 0 unspecified atom stereocenters. The van der Waals surface area contributed by atoms with E-state index in [-0.39, 0.29) is 0 Å². The van der Waals surface area contributed by atoms with Gasteiger partial charge in [-0.3, -0.25) is 0 Å². The number of nitrogens with zero attached hydrogens (tertiary/aromatic N) is 6. The van der Waals surface area contributed by atoms with E-state index in [4.69, 9.17) is 43.2 Å². The van der Waals surface area contributed by atoms with Crippen LogP contribution < -0.4 is 0 Å². The summed E-state index contributed by atoms with van der Waals surface area (Å²) >= 11 is 0. The van der Waals surface area contributed by atoms with Gasteiger partial charge >= 0.3 is 0 Å². The summed E-state index contributed by atoms with van der Waals surface area (Å²) in [5.41, 5.74) is 38.2. The first-order valence-corrected chi connectivity index (χ1v) is 43.3. The Bertz CT molecular complexity index is 8390. The summed E-state index contributed by atoms with van der Waals surface area (Å²) in [4.78, 5) is 31.1. The minimum atomic E-state index is 0.857. The Morgan fingerprint density at radius 3 is 0.767 bits per heavy atom. The molecule has 0 aliphatic rings. The lowest BCUT2D eigenvalue weighted by molar-refractivity contribution is 0.668. The number of rotatable bonds is 13. The van der Waals surface area contributed by atoms with Crippen molar-refractivity contribution in [3.63, 3.8) is 0 Å². The molecule has 9 heteroatoms. The van der Waals surface area contributed by atoms with Gasteiger partial charge in [0.25, 0.3) is 0 Å². The van der Waals surface area contributed by atoms with Crippen LogP contribution in [-0.2, 0) is 0 Å². The molecule has 129 heavy (non-hydrogen) atoms. The van der Waals surface area contributed by atoms with Crippen molar-refractivity contribution < 1.29 is 13.3 Å². The van der Waals surface area contributed by atoms with Gasteiger partial charge in [-0.15, -0.1) is 0 Å². The van der Waals surface area contributed by atoms with Gasteiger partial charge in [0.1, 0.15) is 33.5 Å². The Kier molecular flexibility index (Phi) is 19.8. The normalized spacial score (nSPS) is 11.4. The van der Waals surface area contributed by atoms with Gasteiger partial charge < -0.3 is 13.3 Å². The summed E-state index contributed by atoms with van der Waals surface area (Å²) in [6.45, 7) is 0. The van der Waals surface area contributed by atoms with E-state index < -0.39 is 0 Å². The van der Waals surface area contributed by atoms with Crippen molar-refractivity contribution in [3.8, 4) is 145 Å². The summed E-state index contributed by atoms with van der Waals surface area (Å²) in [6.07, 6.45) is 0. The molecule has 6 heterocycles. The molecule has 0 fully saturated rings. The number of hydrogen-bond acceptors (Lipinski definition) is 9. The highest BCUT2D eigenvalue weighted by Crippen LogP contribution is 2.43. The number of furan rings is 3. The van der Waals surface area contributed by atoms with E-state index >= 15 is 0 Å². The summed E-state index contributed by atoms with van der Waals surface area (Å²) < 4.78 is 18.1. The van der Waals surface area contributed by atoms with Gasteiger partial charge in [0.2, 0.25) is 0 Å². The van der Waals surface area contributed by atoms with Crippen molar-refractivity contribution in [1.29, 1.82) is 0 Å². The van der Waals surface area contributed by atoms with Crippen molar-refractivity contribution in [2.24, 2.45) is 0 Å². The maximum absolute atomic E-state index is 6.07. The number of benzene rings is 19. The molecule has 0 spiro atoms. The lowest BCUT2D eigenvalue weighted by atomic mass is 9.93. The predicted molar refractivity (Wildman–Crippen MR) is 531 cm³/mol. The van der Waals surface area contributed by atoms with Crippen LogP contribution in [0, 0.1) is 0 Å². The predicted octanol–water partition coefficient (Wildman–Crippen LogP) is 32.3. The van der Waals surface area contributed by atoms with Gasteiger partial charge in [-0.25, -0.2) is 29.9 Å². The molecule has 0 amide bonds. The van der Waals surface area contributed by atoms with E-state index in [0.717, 1.165) is 233 Å². The zero-order valence-electron chi connectivity index (χ0n) is 69.8. The van der Waals surface area contributed by atoms with Gasteiger partial charge in [-0.1, -0.05) is 358 Å². The minimum absolute atomic E-state index is 0.857. The van der Waals surface area contributed by atoms with Crippen molar-refractivity contribution in [1.82, 2.24) is 29.9 Å². The Labute approximate surface area is 743 Å². The smallest absolute Gasteiger partial charge is 0.135 e. The van der Waals surface area contributed by atoms with Gasteiger partial charge in [-0.2, -0.15) is 0 Å². The molecule has 0 saturated heterocycles. The number of hydrogen-bond donors (Lipinski definition) is 0. The Morgan fingerprint density at radius 2 is 0.372 bits per heavy atom. The molecule has 0 aliphatic carbocycles. The Hall–Kier alpha value is -17.4. The minimum Gasteiger partial charge on any atom is -0.456 e. The number of para-hydroxylation sites is 6. The standard InChI is InChI=1S/C44H28N2O.2C38H24N2O/c1-3-11-29(12-4-1)34-25-35(30-13-5-2-6-14-30)27-36(26-34)44-43(45-39-16-8-9-17-40(39)46-44)32-21-19-31(20-22-32)33-23-24-42-38(28-33)37-15-7-10-18-41(37)47-42;1-3-10-27(11-4-1)36-37(28-12-5-2-6-13-28)40-38-30(15-9-16-33(38)39-36)26-20-18-25(19-21-26)29-22-23-35-32(24-29)31-14-7-8-17-34(31)41-35;1-3-9-27(10-4-1)37-38(28-11-5-2-6-12-28)40-34-24-30(19-21-33(34)39-37)26-17-15-25(16-18-26)29-20-22-36-32(23-29)31-13-7-8-14-35(31)41-36/h1-28H;2*1-24H. The Morgan fingerprint density at radius 1 is 0.124 bits per heavy atom. The molecule has 6 aromatic heterocycles. The van der Waals surface area contributed by atoms with Crippen molar-refractivity contribution in [2.75, 3.05) is 0 Å².